The van der Waals surface area contributed by atoms with Gasteiger partial charge >= 0.3 is 0 Å². The Morgan fingerprint density at radius 1 is 0.850 bits per heavy atom. The first kappa shape index (κ1) is 58.2. The molecular weight excluding hydrogens is 1080 g/mol. The molecule has 0 aliphatic carbocycles. The average molecular weight is 1150 g/mol. The number of para-hydroxylation sites is 2. The fraction of sp³-hybridized carbons (Fsp3) is 0.390. The summed E-state index contributed by atoms with van der Waals surface area (Å²) in [6.45, 7) is 16.7. The molecule has 1 unspecified atom stereocenters. The quantitative estimate of drug-likeness (QED) is 0.0121. The Morgan fingerprint density at radius 2 is 1.48 bits per heavy atom. The van der Waals surface area contributed by atoms with Gasteiger partial charge in [-0.1, -0.05) is 71.1 Å². The van der Waals surface area contributed by atoms with Crippen molar-refractivity contribution in [2.24, 2.45) is 10.8 Å². The second-order valence-corrected chi connectivity index (χ2v) is 25.2. The lowest BCUT2D eigenvalue weighted by atomic mass is 10.1. The average Bonchev–Trinajstić information content (AvgIpc) is 3.94. The van der Waals surface area contributed by atoms with E-state index in [0.717, 1.165) is 57.1 Å². The van der Waals surface area contributed by atoms with Crippen molar-refractivity contribution in [2.45, 2.75) is 68.4 Å². The number of aliphatic imine (C=N–C) groups is 1. The lowest BCUT2D eigenvalue weighted by Crippen LogP contribution is -2.38. The number of ether oxygens (including phenoxy) is 7. The Labute approximate surface area is 477 Å². The molecule has 0 radical (unpaired) electrons. The summed E-state index contributed by atoms with van der Waals surface area (Å²) >= 11 is 0. The van der Waals surface area contributed by atoms with E-state index in [1.807, 2.05) is 48.7 Å². The smallest absolute Gasteiger partial charge is 0.273 e. The molecule has 9 rings (SSSR count). The molecule has 5 aromatic carbocycles. The highest BCUT2D eigenvalue weighted by Gasteiger charge is 2.38. The summed E-state index contributed by atoms with van der Waals surface area (Å²) in [4.78, 5) is 25.5. The minimum atomic E-state index is -4.44. The number of nitrogens with zero attached hydrogens (tertiary/aromatic N) is 4. The molecule has 4 aliphatic rings. The summed E-state index contributed by atoms with van der Waals surface area (Å²) in [6.07, 6.45) is 3.51. The monoisotopic (exact) mass is 1150 g/mol. The van der Waals surface area contributed by atoms with E-state index in [-0.39, 0.29) is 43.3 Å². The van der Waals surface area contributed by atoms with Crippen LogP contribution in [0.15, 0.2) is 115 Å². The topological polar surface area (TPSA) is 208 Å². The van der Waals surface area contributed by atoms with Gasteiger partial charge in [-0.3, -0.25) is 25.1 Å². The number of carbonyl (C=O) groups excluding carboxylic acids is 1. The number of benzene rings is 5. The lowest BCUT2D eigenvalue weighted by molar-refractivity contribution is 0.0264. The van der Waals surface area contributed by atoms with Gasteiger partial charge < -0.3 is 53.7 Å². The summed E-state index contributed by atoms with van der Waals surface area (Å²) in [5.74, 6) is 7.65. The molecule has 0 fully saturated rings. The van der Waals surface area contributed by atoms with Crippen LogP contribution in [0.5, 0.6) is 23.0 Å². The number of hydrogen-bond donors (Lipinski definition) is 4. The zero-order valence-corrected chi connectivity index (χ0v) is 48.4. The zero-order valence-electron chi connectivity index (χ0n) is 45.9. The number of rotatable bonds is 28. The van der Waals surface area contributed by atoms with Crippen molar-refractivity contribution in [3.05, 3.63) is 143 Å². The predicted octanol–water partition coefficient (Wildman–Crippen LogP) is 9.25. The largest absolute Gasteiger partial charge is 0.493 e. The van der Waals surface area contributed by atoms with Crippen molar-refractivity contribution >= 4 is 78.0 Å². The van der Waals surface area contributed by atoms with E-state index in [1.54, 1.807) is 49.2 Å². The van der Waals surface area contributed by atoms with Gasteiger partial charge in [0.05, 0.1) is 70.6 Å². The highest BCUT2D eigenvalue weighted by Crippen LogP contribution is 2.46. The highest BCUT2D eigenvalue weighted by molar-refractivity contribution is 8.77. The standard InChI is InChI=1S/C59H71N7O11S3/c1-38(63-60)57(80(68,69)70)16-23-78-79-59(3,4)37-64(17-18-74-21-22-75-20-19-71-5)44-25-40(35-76-55-31-49-47(29-53(55)72-6)39(2)65-45(33-61-49)27-42-12-8-10-14-51(42)65)24-41(26-44)36-77-56-32-50-48(30-54(56)73-7)58(67)66-46(34-62-50)28-43-13-9-11-15-52(43)66/h8-15,24-26,29-32,34,45-46,57,61,63H,1-2,16-23,27-28,33,35-37,60H2,3-7H3,(H,68,69,70)/t45-,46-,57?/m0/s1. The minimum Gasteiger partial charge on any atom is -0.493 e. The SMILES string of the molecule is C=C(NN)C(CCSSC(C)(C)CN(CCOCCOCCOC)c1cc(COc2cc3c(cc2OC)C(=O)N2c4ccccc4C[C@H]2C=N3)cc(COc2cc3c(cc2OC)C(=C)N2c4ccccc4C[C@H]2CN3)c1)S(=O)(=O)O. The Bertz CT molecular complexity index is 3210. The van der Waals surface area contributed by atoms with Gasteiger partial charge in [-0.05, 0) is 91.4 Å². The fourth-order valence-electron chi connectivity index (χ4n) is 10.5. The maximum Gasteiger partial charge on any atom is 0.273 e. The third-order valence-corrected chi connectivity index (χ3v) is 18.9. The van der Waals surface area contributed by atoms with Crippen LogP contribution >= 0.6 is 21.6 Å². The number of hydrazine groups is 1. The van der Waals surface area contributed by atoms with Crippen molar-refractivity contribution in [3.63, 3.8) is 0 Å². The summed E-state index contributed by atoms with van der Waals surface area (Å²) in [6, 6.07) is 30.1. The maximum absolute atomic E-state index is 14.3. The molecule has 0 saturated heterocycles. The molecule has 4 heterocycles. The van der Waals surface area contributed by atoms with Crippen LogP contribution in [0.4, 0.5) is 28.4 Å². The van der Waals surface area contributed by atoms with E-state index >= 15 is 0 Å². The number of nitrogens with one attached hydrogen (secondary N) is 2. The second-order valence-electron chi connectivity index (χ2n) is 20.5. The molecule has 1 amide bonds. The lowest BCUT2D eigenvalue weighted by Gasteiger charge is -2.34. The van der Waals surface area contributed by atoms with Gasteiger partial charge in [0.25, 0.3) is 16.0 Å². The third-order valence-electron chi connectivity index (χ3n) is 14.4. The molecule has 426 valence electrons. The minimum absolute atomic E-state index is 0.0158. The number of fused-ring (bicyclic) bond motifs is 8. The van der Waals surface area contributed by atoms with Gasteiger partial charge in [-0.15, -0.1) is 0 Å². The predicted molar refractivity (Wildman–Crippen MR) is 320 cm³/mol. The van der Waals surface area contributed by atoms with Crippen LogP contribution in [0.2, 0.25) is 0 Å². The van der Waals surface area contributed by atoms with E-state index in [4.69, 9.17) is 44.0 Å². The molecule has 0 bridgehead atoms. The Hall–Kier alpha value is -6.43. The first-order chi connectivity index (χ1) is 38.6. The molecule has 5 N–H and O–H groups in total. The van der Waals surface area contributed by atoms with Crippen LogP contribution in [-0.2, 0) is 50.4 Å². The van der Waals surface area contributed by atoms with Gasteiger partial charge in [0.2, 0.25) is 0 Å². The molecule has 0 aromatic heterocycles. The number of hydrogen-bond acceptors (Lipinski definition) is 18. The van der Waals surface area contributed by atoms with Crippen LogP contribution in [0.1, 0.15) is 58.4 Å². The number of methoxy groups -OCH3 is 3. The van der Waals surface area contributed by atoms with Crippen LogP contribution < -0.4 is 50.2 Å². The Balaban J connectivity index is 1.01. The van der Waals surface area contributed by atoms with E-state index in [9.17, 15) is 17.8 Å². The van der Waals surface area contributed by atoms with Crippen molar-refractivity contribution in [1.82, 2.24) is 5.43 Å². The molecule has 80 heavy (non-hydrogen) atoms. The summed E-state index contributed by atoms with van der Waals surface area (Å²) in [5.41, 5.74) is 12.9. The van der Waals surface area contributed by atoms with Gasteiger partial charge in [-0.2, -0.15) is 8.42 Å². The van der Waals surface area contributed by atoms with E-state index in [2.05, 4.69) is 83.9 Å². The summed E-state index contributed by atoms with van der Waals surface area (Å²) < 4.78 is 76.2. The number of amides is 1. The molecule has 3 atom stereocenters. The molecular formula is C59H71N7O11S3. The molecule has 0 saturated carbocycles. The summed E-state index contributed by atoms with van der Waals surface area (Å²) in [5, 5.41) is 2.43. The molecule has 21 heteroatoms. The van der Waals surface area contributed by atoms with E-state index < -0.39 is 20.1 Å². The number of carbonyl (C=O) groups is 1. The Morgan fingerprint density at radius 3 is 2.14 bits per heavy atom. The molecule has 5 aromatic rings. The van der Waals surface area contributed by atoms with E-state index in [0.29, 0.717) is 99.1 Å². The van der Waals surface area contributed by atoms with Crippen LogP contribution in [0.3, 0.4) is 0 Å². The van der Waals surface area contributed by atoms with Crippen molar-refractivity contribution in [2.75, 3.05) is 99.8 Å². The Kier molecular flexibility index (Phi) is 18.9. The van der Waals surface area contributed by atoms with Gasteiger partial charge in [0, 0.05) is 102 Å². The zero-order chi connectivity index (χ0) is 56.6. The summed E-state index contributed by atoms with van der Waals surface area (Å²) in [7, 11) is 3.49. The van der Waals surface area contributed by atoms with Crippen LogP contribution in [0, 0.1) is 0 Å². The molecule has 18 nitrogen and oxygen atoms in total. The van der Waals surface area contributed by atoms with Gasteiger partial charge in [0.15, 0.2) is 23.0 Å². The van der Waals surface area contributed by atoms with Gasteiger partial charge in [0.1, 0.15) is 18.5 Å². The van der Waals surface area contributed by atoms with Crippen molar-refractivity contribution in [1.29, 1.82) is 0 Å². The second kappa shape index (κ2) is 26.0. The highest BCUT2D eigenvalue weighted by atomic mass is 33.1. The van der Waals surface area contributed by atoms with Crippen molar-refractivity contribution < 1.29 is 50.9 Å². The van der Waals surface area contributed by atoms with Gasteiger partial charge in [-0.25, -0.2) is 0 Å². The molecule has 0 spiro atoms. The van der Waals surface area contributed by atoms with E-state index in [1.165, 1.54) is 16.4 Å². The normalized spacial score (nSPS) is 16.5. The maximum atomic E-state index is 14.3. The fourth-order valence-corrected chi connectivity index (χ4v) is 14.1. The first-order valence-corrected chi connectivity index (χ1v) is 30.3. The first-order valence-electron chi connectivity index (χ1n) is 26.5. The molecule has 4 aliphatic heterocycles. The number of anilines is 4. The van der Waals surface area contributed by atoms with Crippen molar-refractivity contribution in [3.8, 4) is 23.0 Å². The number of nitrogens with two attached hydrogens (primary N) is 1. The third kappa shape index (κ3) is 13.5. The van der Waals surface area contributed by atoms with Crippen LogP contribution in [0.25, 0.3) is 5.70 Å². The van der Waals surface area contributed by atoms with Crippen LogP contribution in [-0.4, -0.2) is 127 Å².